The molecule has 25 heavy (non-hydrogen) atoms. The van der Waals surface area contributed by atoms with Crippen molar-refractivity contribution < 1.29 is 14.4 Å². The summed E-state index contributed by atoms with van der Waals surface area (Å²) in [7, 11) is 0. The van der Waals surface area contributed by atoms with Crippen LogP contribution in [-0.4, -0.2) is 41.1 Å². The minimum absolute atomic E-state index is 0.0400. The second-order valence-corrected chi connectivity index (χ2v) is 7.74. The third-order valence-electron chi connectivity index (χ3n) is 5.68. The van der Waals surface area contributed by atoms with Gasteiger partial charge in [-0.2, -0.15) is 0 Å². The molecule has 5 nitrogen and oxygen atoms in total. The van der Waals surface area contributed by atoms with Crippen molar-refractivity contribution in [3.8, 4) is 0 Å². The molecule has 0 bridgehead atoms. The Hall–Kier alpha value is -1.39. The van der Waals surface area contributed by atoms with E-state index >= 15 is 0 Å². The molecule has 5 heteroatoms. The number of rotatable bonds is 7. The Kier molecular flexibility index (Phi) is 7.91. The van der Waals surface area contributed by atoms with Crippen LogP contribution in [0.1, 0.15) is 84.5 Å². The van der Waals surface area contributed by atoms with E-state index in [9.17, 15) is 14.4 Å². The first-order valence-electron chi connectivity index (χ1n) is 10.2. The van der Waals surface area contributed by atoms with Gasteiger partial charge in [0.15, 0.2) is 0 Å². The molecule has 0 spiro atoms. The summed E-state index contributed by atoms with van der Waals surface area (Å²) in [5.74, 6) is -0.843. The molecule has 142 valence electrons. The number of hydrogen-bond acceptors (Lipinski definition) is 3. The summed E-state index contributed by atoms with van der Waals surface area (Å²) < 4.78 is 0. The molecule has 1 unspecified atom stereocenters. The normalized spacial score (nSPS) is 20.7. The minimum atomic E-state index is -0.504. The maximum Gasteiger partial charge on any atom is 0.290 e. The van der Waals surface area contributed by atoms with Crippen LogP contribution in [0.4, 0.5) is 0 Å². The highest BCUT2D eigenvalue weighted by Crippen LogP contribution is 2.30. The van der Waals surface area contributed by atoms with Crippen molar-refractivity contribution in [2.24, 2.45) is 5.92 Å². The fourth-order valence-electron chi connectivity index (χ4n) is 4.40. The predicted octanol–water partition coefficient (Wildman–Crippen LogP) is 3.21. The van der Waals surface area contributed by atoms with Crippen molar-refractivity contribution in [1.82, 2.24) is 10.2 Å². The van der Waals surface area contributed by atoms with Gasteiger partial charge in [-0.1, -0.05) is 45.4 Å². The quantitative estimate of drug-likeness (QED) is 0.717. The molecule has 1 atom stereocenters. The Morgan fingerprint density at radius 2 is 1.52 bits per heavy atom. The van der Waals surface area contributed by atoms with E-state index in [1.54, 1.807) is 4.90 Å². The van der Waals surface area contributed by atoms with Gasteiger partial charge >= 0.3 is 0 Å². The Balaban J connectivity index is 2.18. The van der Waals surface area contributed by atoms with E-state index in [-0.39, 0.29) is 17.9 Å². The van der Waals surface area contributed by atoms with Gasteiger partial charge in [0.1, 0.15) is 6.04 Å². The van der Waals surface area contributed by atoms with E-state index in [0.29, 0.717) is 6.54 Å². The SMILES string of the molecule is CCCN(C(=O)C(C)=O)C(C(=O)NC1CCCCC1)C1CCCCC1. The van der Waals surface area contributed by atoms with Crippen molar-refractivity contribution in [2.75, 3.05) is 6.54 Å². The van der Waals surface area contributed by atoms with Crippen LogP contribution in [0.25, 0.3) is 0 Å². The highest BCUT2D eigenvalue weighted by Gasteiger charge is 2.38. The van der Waals surface area contributed by atoms with Crippen molar-refractivity contribution in [2.45, 2.75) is 96.6 Å². The fourth-order valence-corrected chi connectivity index (χ4v) is 4.40. The topological polar surface area (TPSA) is 66.5 Å². The summed E-state index contributed by atoms with van der Waals surface area (Å²) in [4.78, 5) is 39.0. The number of amides is 2. The average molecular weight is 351 g/mol. The molecule has 0 aromatic carbocycles. The average Bonchev–Trinajstić information content (AvgIpc) is 2.62. The second kappa shape index (κ2) is 9.93. The third-order valence-corrected chi connectivity index (χ3v) is 5.68. The molecule has 0 aliphatic heterocycles. The van der Waals surface area contributed by atoms with Gasteiger partial charge in [0.05, 0.1) is 0 Å². The highest BCUT2D eigenvalue weighted by molar-refractivity contribution is 6.35. The van der Waals surface area contributed by atoms with Crippen LogP contribution in [0.5, 0.6) is 0 Å². The van der Waals surface area contributed by atoms with Crippen molar-refractivity contribution in [3.05, 3.63) is 0 Å². The van der Waals surface area contributed by atoms with E-state index < -0.39 is 17.7 Å². The van der Waals surface area contributed by atoms with E-state index in [2.05, 4.69) is 5.32 Å². The Labute approximate surface area is 151 Å². The van der Waals surface area contributed by atoms with E-state index in [4.69, 9.17) is 0 Å². The van der Waals surface area contributed by atoms with Crippen molar-refractivity contribution in [1.29, 1.82) is 0 Å². The zero-order valence-electron chi connectivity index (χ0n) is 15.9. The first kappa shape index (κ1) is 19.9. The molecule has 2 rings (SSSR count). The van der Waals surface area contributed by atoms with Gasteiger partial charge in [0.25, 0.3) is 5.91 Å². The van der Waals surface area contributed by atoms with Crippen molar-refractivity contribution in [3.63, 3.8) is 0 Å². The second-order valence-electron chi connectivity index (χ2n) is 7.74. The maximum atomic E-state index is 13.1. The zero-order valence-corrected chi connectivity index (χ0v) is 15.9. The summed E-state index contributed by atoms with van der Waals surface area (Å²) >= 11 is 0. The largest absolute Gasteiger partial charge is 0.352 e. The van der Waals surface area contributed by atoms with Gasteiger partial charge in [-0.25, -0.2) is 0 Å². The smallest absolute Gasteiger partial charge is 0.290 e. The molecule has 0 saturated heterocycles. The van der Waals surface area contributed by atoms with Crippen LogP contribution in [0.2, 0.25) is 0 Å². The number of hydrogen-bond donors (Lipinski definition) is 1. The fraction of sp³-hybridized carbons (Fsp3) is 0.850. The van der Waals surface area contributed by atoms with Crippen LogP contribution in [0, 0.1) is 5.92 Å². The molecule has 0 aromatic heterocycles. The lowest BCUT2D eigenvalue weighted by Crippen LogP contribution is -2.56. The van der Waals surface area contributed by atoms with Gasteiger partial charge in [0, 0.05) is 19.5 Å². The van der Waals surface area contributed by atoms with Gasteiger partial charge in [-0.05, 0) is 38.0 Å². The molecule has 2 fully saturated rings. The first-order chi connectivity index (χ1) is 12.0. The molecule has 2 aliphatic carbocycles. The summed E-state index contributed by atoms with van der Waals surface area (Å²) in [5, 5.41) is 3.20. The molecule has 2 aliphatic rings. The van der Waals surface area contributed by atoms with E-state index in [1.165, 1.54) is 19.8 Å². The van der Waals surface area contributed by atoms with Crippen molar-refractivity contribution >= 4 is 17.6 Å². The van der Waals surface area contributed by atoms with Crippen LogP contribution >= 0.6 is 0 Å². The molecule has 2 amide bonds. The molecule has 2 saturated carbocycles. The Bertz CT molecular complexity index is 466. The Morgan fingerprint density at radius 3 is 2.04 bits per heavy atom. The lowest BCUT2D eigenvalue weighted by atomic mass is 9.82. The molecule has 0 aromatic rings. The number of ketones is 1. The van der Waals surface area contributed by atoms with Crippen LogP contribution in [0.15, 0.2) is 0 Å². The standard InChI is InChI=1S/C20H34N2O3/c1-3-14-22(20(25)15(2)23)18(16-10-6-4-7-11-16)19(24)21-17-12-8-5-9-13-17/h16-18H,3-14H2,1-2H3,(H,21,24). The van der Waals surface area contributed by atoms with Gasteiger partial charge in [-0.15, -0.1) is 0 Å². The first-order valence-corrected chi connectivity index (χ1v) is 10.2. The lowest BCUT2D eigenvalue weighted by Gasteiger charge is -2.38. The minimum Gasteiger partial charge on any atom is -0.352 e. The maximum absolute atomic E-state index is 13.1. The molecular formula is C20H34N2O3. The summed E-state index contributed by atoms with van der Waals surface area (Å²) in [5.41, 5.74) is 0. The van der Waals surface area contributed by atoms with E-state index in [0.717, 1.165) is 57.8 Å². The molecule has 1 N–H and O–H groups in total. The van der Waals surface area contributed by atoms with Crippen LogP contribution < -0.4 is 5.32 Å². The van der Waals surface area contributed by atoms with Crippen LogP contribution in [0.3, 0.4) is 0 Å². The van der Waals surface area contributed by atoms with Crippen LogP contribution in [-0.2, 0) is 14.4 Å². The number of Topliss-reactive ketones (excluding diaryl/α,β-unsaturated/α-hetero) is 1. The monoisotopic (exact) mass is 350 g/mol. The van der Waals surface area contributed by atoms with E-state index in [1.807, 2.05) is 6.92 Å². The molecular weight excluding hydrogens is 316 g/mol. The Morgan fingerprint density at radius 1 is 0.960 bits per heavy atom. The van der Waals surface area contributed by atoms with Gasteiger partial charge in [0.2, 0.25) is 11.7 Å². The van der Waals surface area contributed by atoms with Gasteiger partial charge < -0.3 is 10.2 Å². The zero-order chi connectivity index (χ0) is 18.2. The number of nitrogens with zero attached hydrogens (tertiary/aromatic N) is 1. The van der Waals surface area contributed by atoms with Gasteiger partial charge in [-0.3, -0.25) is 14.4 Å². The third kappa shape index (κ3) is 5.55. The number of nitrogens with one attached hydrogen (secondary N) is 1. The number of carbonyl (C=O) groups is 3. The summed E-state index contributed by atoms with van der Waals surface area (Å²) in [6, 6.07) is -0.262. The lowest BCUT2D eigenvalue weighted by molar-refractivity contribution is -0.150. The molecule has 0 radical (unpaired) electrons. The summed E-state index contributed by atoms with van der Waals surface area (Å²) in [6.07, 6.45) is 11.7. The number of carbonyl (C=O) groups excluding carboxylic acids is 3. The molecule has 0 heterocycles. The summed E-state index contributed by atoms with van der Waals surface area (Å²) in [6.45, 7) is 3.76. The highest BCUT2D eigenvalue weighted by atomic mass is 16.2. The predicted molar refractivity (Wildman–Crippen MR) is 98.1 cm³/mol.